The zero-order valence-electron chi connectivity index (χ0n) is 8.73. The summed E-state index contributed by atoms with van der Waals surface area (Å²) in [4.78, 5) is 10.5. The number of halogens is 1. The lowest BCUT2D eigenvalue weighted by Gasteiger charge is -2.16. The first-order valence-corrected chi connectivity index (χ1v) is 5.63. The Morgan fingerprint density at radius 3 is 2.56 bits per heavy atom. The monoisotopic (exact) mass is 240 g/mol. The van der Waals surface area contributed by atoms with E-state index in [1.165, 1.54) is 0 Å². The van der Waals surface area contributed by atoms with Gasteiger partial charge in [0.1, 0.15) is 6.61 Å². The predicted octanol–water partition coefficient (Wildman–Crippen LogP) is 2.89. The van der Waals surface area contributed by atoms with Crippen LogP contribution in [-0.4, -0.2) is 17.7 Å². The molecule has 2 rings (SSSR count). The minimum Gasteiger partial charge on any atom is -0.480 e. The van der Waals surface area contributed by atoms with Crippen LogP contribution in [0.3, 0.4) is 0 Å². The molecule has 0 aromatic heterocycles. The molecule has 0 amide bonds. The molecule has 0 aliphatic heterocycles. The van der Waals surface area contributed by atoms with Gasteiger partial charge in [-0.25, -0.2) is 4.79 Å². The third kappa shape index (κ3) is 2.97. The summed E-state index contributed by atoms with van der Waals surface area (Å²) in [6.07, 6.45) is 2.10. The number of benzene rings is 1. The highest BCUT2D eigenvalue weighted by atomic mass is 35.5. The van der Waals surface area contributed by atoms with Gasteiger partial charge in [0.05, 0.1) is 6.10 Å². The van der Waals surface area contributed by atoms with Crippen LogP contribution in [0.1, 0.15) is 24.5 Å². The fourth-order valence-electron chi connectivity index (χ4n) is 1.72. The van der Waals surface area contributed by atoms with Crippen LogP contribution >= 0.6 is 11.6 Å². The van der Waals surface area contributed by atoms with E-state index in [0.717, 1.165) is 18.4 Å². The van der Waals surface area contributed by atoms with Crippen molar-refractivity contribution in [2.24, 2.45) is 5.92 Å². The second-order valence-corrected chi connectivity index (χ2v) is 4.45. The van der Waals surface area contributed by atoms with E-state index in [0.29, 0.717) is 10.9 Å². The first-order chi connectivity index (χ1) is 7.66. The Morgan fingerprint density at radius 1 is 1.44 bits per heavy atom. The molecule has 1 aromatic rings. The Labute approximate surface area is 99.0 Å². The molecule has 86 valence electrons. The molecule has 1 aromatic carbocycles. The van der Waals surface area contributed by atoms with Crippen molar-refractivity contribution in [1.29, 1.82) is 0 Å². The highest BCUT2D eigenvalue weighted by Gasteiger charge is 2.33. The Kier molecular flexibility index (Phi) is 3.46. The standard InChI is InChI=1S/C12H13ClO3/c13-10-5-3-9(4-6-10)12(8-1-2-8)16-7-11(14)15/h3-6,8,12H,1-2,7H2,(H,14,15). The number of hydrogen-bond donors (Lipinski definition) is 1. The number of carboxylic acids is 1. The molecular weight excluding hydrogens is 228 g/mol. The van der Waals surface area contributed by atoms with Gasteiger partial charge in [0.25, 0.3) is 0 Å². The molecule has 1 fully saturated rings. The van der Waals surface area contributed by atoms with Crippen LogP contribution in [0.2, 0.25) is 5.02 Å². The Bertz CT molecular complexity index is 370. The molecule has 0 saturated heterocycles. The molecule has 1 aliphatic carbocycles. The molecule has 1 atom stereocenters. The molecule has 0 heterocycles. The van der Waals surface area contributed by atoms with E-state index in [1.807, 2.05) is 12.1 Å². The maximum atomic E-state index is 10.5. The summed E-state index contributed by atoms with van der Waals surface area (Å²) in [5.74, 6) is -0.472. The topological polar surface area (TPSA) is 46.5 Å². The summed E-state index contributed by atoms with van der Waals surface area (Å²) in [6, 6.07) is 7.40. The van der Waals surface area contributed by atoms with Crippen LogP contribution in [0.5, 0.6) is 0 Å². The fourth-order valence-corrected chi connectivity index (χ4v) is 1.84. The molecule has 16 heavy (non-hydrogen) atoms. The normalized spacial score (nSPS) is 17.1. The van der Waals surface area contributed by atoms with Crippen LogP contribution in [0.15, 0.2) is 24.3 Å². The first-order valence-electron chi connectivity index (χ1n) is 5.25. The molecule has 3 nitrogen and oxygen atoms in total. The van der Waals surface area contributed by atoms with Crippen molar-refractivity contribution in [3.63, 3.8) is 0 Å². The summed E-state index contributed by atoms with van der Waals surface area (Å²) in [5, 5.41) is 9.29. The Morgan fingerprint density at radius 2 is 2.06 bits per heavy atom. The number of rotatable bonds is 5. The van der Waals surface area contributed by atoms with Crippen molar-refractivity contribution in [2.45, 2.75) is 18.9 Å². The smallest absolute Gasteiger partial charge is 0.329 e. The lowest BCUT2D eigenvalue weighted by atomic mass is 10.1. The second-order valence-electron chi connectivity index (χ2n) is 4.01. The van der Waals surface area contributed by atoms with Gasteiger partial charge in [0, 0.05) is 5.02 Å². The van der Waals surface area contributed by atoms with E-state index in [4.69, 9.17) is 21.4 Å². The summed E-state index contributed by atoms with van der Waals surface area (Å²) in [5.41, 5.74) is 1.01. The van der Waals surface area contributed by atoms with E-state index in [2.05, 4.69) is 0 Å². The highest BCUT2D eigenvalue weighted by Crippen LogP contribution is 2.43. The molecular formula is C12H13ClO3. The molecule has 0 bridgehead atoms. The van der Waals surface area contributed by atoms with Gasteiger partial charge in [-0.1, -0.05) is 23.7 Å². The summed E-state index contributed by atoms with van der Waals surface area (Å²) in [6.45, 7) is -0.246. The number of carboxylic acid groups (broad SMARTS) is 1. The van der Waals surface area contributed by atoms with Gasteiger partial charge in [-0.05, 0) is 36.5 Å². The highest BCUT2D eigenvalue weighted by molar-refractivity contribution is 6.30. The quantitative estimate of drug-likeness (QED) is 0.861. The van der Waals surface area contributed by atoms with Crippen LogP contribution < -0.4 is 0 Å². The van der Waals surface area contributed by atoms with Gasteiger partial charge >= 0.3 is 5.97 Å². The zero-order valence-corrected chi connectivity index (χ0v) is 9.48. The number of hydrogen-bond acceptors (Lipinski definition) is 2. The lowest BCUT2D eigenvalue weighted by Crippen LogP contribution is -2.13. The number of carbonyl (C=O) groups is 1. The van der Waals surface area contributed by atoms with E-state index in [1.54, 1.807) is 12.1 Å². The van der Waals surface area contributed by atoms with Crippen molar-refractivity contribution < 1.29 is 14.6 Å². The van der Waals surface area contributed by atoms with E-state index < -0.39 is 5.97 Å². The van der Waals surface area contributed by atoms with Crippen LogP contribution in [0.25, 0.3) is 0 Å². The van der Waals surface area contributed by atoms with Gasteiger partial charge in [-0.3, -0.25) is 0 Å². The van der Waals surface area contributed by atoms with Gasteiger partial charge < -0.3 is 9.84 Å². The molecule has 1 saturated carbocycles. The van der Waals surface area contributed by atoms with Crippen molar-refractivity contribution in [1.82, 2.24) is 0 Å². The fraction of sp³-hybridized carbons (Fsp3) is 0.417. The molecule has 0 radical (unpaired) electrons. The third-order valence-corrected chi connectivity index (χ3v) is 2.89. The Balaban J connectivity index is 2.06. The second kappa shape index (κ2) is 4.85. The van der Waals surface area contributed by atoms with Crippen molar-refractivity contribution in [3.8, 4) is 0 Å². The maximum absolute atomic E-state index is 10.5. The summed E-state index contributed by atoms with van der Waals surface area (Å²) < 4.78 is 5.41. The summed E-state index contributed by atoms with van der Waals surface area (Å²) in [7, 11) is 0. The van der Waals surface area contributed by atoms with Crippen LogP contribution in [0.4, 0.5) is 0 Å². The van der Waals surface area contributed by atoms with E-state index in [9.17, 15) is 4.79 Å². The van der Waals surface area contributed by atoms with E-state index in [-0.39, 0.29) is 12.7 Å². The van der Waals surface area contributed by atoms with Gasteiger partial charge in [0.2, 0.25) is 0 Å². The minimum atomic E-state index is -0.931. The summed E-state index contributed by atoms with van der Waals surface area (Å²) >= 11 is 5.80. The third-order valence-electron chi connectivity index (χ3n) is 2.64. The molecule has 1 unspecified atom stereocenters. The van der Waals surface area contributed by atoms with Gasteiger partial charge in [-0.15, -0.1) is 0 Å². The van der Waals surface area contributed by atoms with Crippen molar-refractivity contribution in [3.05, 3.63) is 34.9 Å². The molecule has 0 spiro atoms. The van der Waals surface area contributed by atoms with Crippen LogP contribution in [-0.2, 0) is 9.53 Å². The SMILES string of the molecule is O=C(O)COC(c1ccc(Cl)cc1)C1CC1. The van der Waals surface area contributed by atoms with Crippen molar-refractivity contribution in [2.75, 3.05) is 6.61 Å². The lowest BCUT2D eigenvalue weighted by molar-refractivity contribution is -0.145. The number of ether oxygens (including phenoxy) is 1. The zero-order chi connectivity index (χ0) is 11.5. The number of aliphatic carboxylic acids is 1. The largest absolute Gasteiger partial charge is 0.480 e. The van der Waals surface area contributed by atoms with E-state index >= 15 is 0 Å². The first kappa shape index (κ1) is 11.4. The van der Waals surface area contributed by atoms with Gasteiger partial charge in [0.15, 0.2) is 0 Å². The molecule has 1 aliphatic rings. The average molecular weight is 241 g/mol. The van der Waals surface area contributed by atoms with Crippen LogP contribution in [0, 0.1) is 5.92 Å². The van der Waals surface area contributed by atoms with Crippen molar-refractivity contribution >= 4 is 17.6 Å². The maximum Gasteiger partial charge on any atom is 0.329 e. The predicted molar refractivity (Wildman–Crippen MR) is 60.5 cm³/mol. The molecule has 4 heteroatoms. The van der Waals surface area contributed by atoms with Gasteiger partial charge in [-0.2, -0.15) is 0 Å². The minimum absolute atomic E-state index is 0.103. The Hall–Kier alpha value is -1.06. The molecule has 1 N–H and O–H groups in total. The average Bonchev–Trinajstić information content (AvgIpc) is 3.04.